The molecule has 80 valence electrons. The molecule has 15 heavy (non-hydrogen) atoms. The molecule has 0 aliphatic carbocycles. The number of nitrogens with zero attached hydrogens (tertiary/aromatic N) is 1. The molecule has 0 spiro atoms. The lowest BCUT2D eigenvalue weighted by Crippen LogP contribution is -1.98. The van der Waals surface area contributed by atoms with Gasteiger partial charge in [0.25, 0.3) is 5.69 Å². The van der Waals surface area contributed by atoms with Crippen LogP contribution in [-0.4, -0.2) is 10.9 Å². The van der Waals surface area contributed by atoms with Crippen LogP contribution in [0.2, 0.25) is 0 Å². The third-order valence-electron chi connectivity index (χ3n) is 1.85. The Morgan fingerprint density at radius 3 is 2.47 bits per heavy atom. The molecule has 1 aromatic rings. The van der Waals surface area contributed by atoms with Crippen LogP contribution in [0.4, 0.5) is 5.69 Å². The molecule has 0 aliphatic heterocycles. The summed E-state index contributed by atoms with van der Waals surface area (Å²) in [6, 6.07) is 6.07. The Balaban J connectivity index is 2.57. The second-order valence-corrected chi connectivity index (χ2v) is 3.20. The van der Waals surface area contributed by atoms with E-state index in [1.807, 2.05) is 0 Å². The molecular formula is C9H8BrNO4. The van der Waals surface area contributed by atoms with Crippen molar-refractivity contribution in [1.29, 1.82) is 0 Å². The van der Waals surface area contributed by atoms with Gasteiger partial charge < -0.3 is 3.83 Å². The largest absolute Gasteiger partial charge is 0.384 e. The van der Waals surface area contributed by atoms with Gasteiger partial charge in [0, 0.05) is 12.1 Å². The first-order valence-corrected chi connectivity index (χ1v) is 4.83. The molecule has 0 heterocycles. The minimum atomic E-state index is -0.462. The molecular weight excluding hydrogens is 266 g/mol. The first kappa shape index (κ1) is 11.6. The summed E-state index contributed by atoms with van der Waals surface area (Å²) in [4.78, 5) is 20.7. The molecule has 0 bridgehead atoms. The maximum absolute atomic E-state index is 10.8. The van der Waals surface area contributed by atoms with E-state index < -0.39 is 4.92 Å². The maximum atomic E-state index is 10.8. The Bertz CT molecular complexity index is 363. The molecule has 0 saturated carbocycles. The molecule has 0 amide bonds. The fourth-order valence-electron chi connectivity index (χ4n) is 1.07. The number of non-ortho nitro benzene ring substituents is 1. The minimum Gasteiger partial charge on any atom is -0.384 e. The monoisotopic (exact) mass is 273 g/mol. The van der Waals surface area contributed by atoms with Crippen LogP contribution < -0.4 is 0 Å². The van der Waals surface area contributed by atoms with Crippen LogP contribution in [0.1, 0.15) is 12.0 Å². The zero-order chi connectivity index (χ0) is 11.3. The highest BCUT2D eigenvalue weighted by molar-refractivity contribution is 9.06. The van der Waals surface area contributed by atoms with E-state index in [-0.39, 0.29) is 18.1 Å². The normalized spacial score (nSPS) is 9.67. The summed E-state index contributed by atoms with van der Waals surface area (Å²) in [5.41, 5.74) is 0.903. The van der Waals surface area contributed by atoms with Crippen molar-refractivity contribution < 1.29 is 13.5 Å². The molecule has 0 fully saturated rings. The predicted octanol–water partition coefficient (Wildman–Crippen LogP) is 2.38. The number of carbonyl (C=O) groups is 1. The van der Waals surface area contributed by atoms with Gasteiger partial charge in [-0.25, -0.2) is 0 Å². The molecule has 0 aliphatic rings. The molecule has 6 heteroatoms. The van der Waals surface area contributed by atoms with Crippen molar-refractivity contribution in [3.8, 4) is 0 Å². The van der Waals surface area contributed by atoms with E-state index in [9.17, 15) is 14.9 Å². The number of nitro benzene ring substituents is 1. The lowest BCUT2D eigenvalue weighted by Gasteiger charge is -1.98. The summed E-state index contributed by atoms with van der Waals surface area (Å²) in [6.07, 6.45) is 0.742. The number of aryl methyl sites for hydroxylation is 1. The summed E-state index contributed by atoms with van der Waals surface area (Å²) in [5, 5.41) is 10.3. The lowest BCUT2D eigenvalue weighted by atomic mass is 10.1. The molecule has 0 aromatic heterocycles. The summed E-state index contributed by atoms with van der Waals surface area (Å²) in [6.45, 7) is 0. The van der Waals surface area contributed by atoms with Crippen LogP contribution >= 0.6 is 16.3 Å². The van der Waals surface area contributed by atoms with Gasteiger partial charge in [-0.3, -0.25) is 14.9 Å². The Labute approximate surface area is 94.6 Å². The van der Waals surface area contributed by atoms with Gasteiger partial charge >= 0.3 is 5.97 Å². The van der Waals surface area contributed by atoms with E-state index in [4.69, 9.17) is 0 Å². The third kappa shape index (κ3) is 3.67. The second kappa shape index (κ2) is 5.45. The van der Waals surface area contributed by atoms with E-state index in [0.717, 1.165) is 5.56 Å². The first-order chi connectivity index (χ1) is 7.13. The van der Waals surface area contributed by atoms with Crippen LogP contribution in [0, 0.1) is 10.1 Å². The highest BCUT2D eigenvalue weighted by Crippen LogP contribution is 2.13. The number of hydrogen-bond donors (Lipinski definition) is 0. The summed E-state index contributed by atoms with van der Waals surface area (Å²) >= 11 is 2.58. The van der Waals surface area contributed by atoms with E-state index in [1.165, 1.54) is 12.1 Å². The van der Waals surface area contributed by atoms with Crippen molar-refractivity contribution in [2.24, 2.45) is 0 Å². The zero-order valence-corrected chi connectivity index (χ0v) is 9.27. The average Bonchev–Trinajstić information content (AvgIpc) is 2.26. The van der Waals surface area contributed by atoms with E-state index in [0.29, 0.717) is 6.42 Å². The lowest BCUT2D eigenvalue weighted by molar-refractivity contribution is -0.384. The summed E-state index contributed by atoms with van der Waals surface area (Å²) in [5.74, 6) is -0.367. The number of benzene rings is 1. The van der Waals surface area contributed by atoms with E-state index in [1.54, 1.807) is 12.1 Å². The molecule has 0 atom stereocenters. The quantitative estimate of drug-likeness (QED) is 0.624. The van der Waals surface area contributed by atoms with Crippen molar-refractivity contribution in [2.75, 3.05) is 0 Å². The van der Waals surface area contributed by atoms with Crippen LogP contribution in [-0.2, 0) is 15.0 Å². The fourth-order valence-corrected chi connectivity index (χ4v) is 1.23. The van der Waals surface area contributed by atoms with Crippen LogP contribution in [0.25, 0.3) is 0 Å². The van der Waals surface area contributed by atoms with E-state index in [2.05, 4.69) is 20.1 Å². The van der Waals surface area contributed by atoms with Gasteiger partial charge in [-0.1, -0.05) is 12.1 Å². The van der Waals surface area contributed by atoms with Crippen molar-refractivity contribution in [3.05, 3.63) is 39.9 Å². The number of carbonyl (C=O) groups excluding carboxylic acids is 1. The number of hydrogen-bond acceptors (Lipinski definition) is 4. The Hall–Kier alpha value is -1.43. The van der Waals surface area contributed by atoms with Gasteiger partial charge in [0.05, 0.1) is 11.3 Å². The average molecular weight is 274 g/mol. The molecule has 1 rings (SSSR count). The van der Waals surface area contributed by atoms with Gasteiger partial charge in [0.15, 0.2) is 16.3 Å². The van der Waals surface area contributed by atoms with Crippen molar-refractivity contribution >= 4 is 27.9 Å². The van der Waals surface area contributed by atoms with Crippen LogP contribution in [0.5, 0.6) is 0 Å². The molecule has 1 aromatic carbocycles. The molecule has 0 unspecified atom stereocenters. The van der Waals surface area contributed by atoms with Crippen molar-refractivity contribution in [1.82, 2.24) is 0 Å². The van der Waals surface area contributed by atoms with Gasteiger partial charge in [0.2, 0.25) is 0 Å². The minimum absolute atomic E-state index is 0.0434. The van der Waals surface area contributed by atoms with E-state index >= 15 is 0 Å². The second-order valence-electron chi connectivity index (χ2n) is 2.87. The molecule has 0 N–H and O–H groups in total. The Morgan fingerprint density at radius 1 is 1.40 bits per heavy atom. The highest BCUT2D eigenvalue weighted by Gasteiger charge is 2.05. The number of rotatable bonds is 4. The standard InChI is InChI=1S/C9H8BrNO4/c10-15-9(12)6-3-7-1-4-8(5-2-7)11(13)14/h1-2,4-5H,3,6H2. The summed E-state index contributed by atoms with van der Waals surface area (Å²) in [7, 11) is 0. The maximum Gasteiger partial charge on any atom is 0.317 e. The SMILES string of the molecule is O=C(CCc1ccc([N+](=O)[O-])cc1)OBr. The van der Waals surface area contributed by atoms with Crippen molar-refractivity contribution in [2.45, 2.75) is 12.8 Å². The topological polar surface area (TPSA) is 69.4 Å². The Morgan fingerprint density at radius 2 is 2.00 bits per heavy atom. The summed E-state index contributed by atoms with van der Waals surface area (Å²) < 4.78 is 4.30. The van der Waals surface area contributed by atoms with Gasteiger partial charge in [0.1, 0.15) is 0 Å². The first-order valence-electron chi connectivity index (χ1n) is 4.18. The third-order valence-corrected chi connectivity index (χ3v) is 2.21. The van der Waals surface area contributed by atoms with Gasteiger partial charge in [-0.15, -0.1) is 0 Å². The molecule has 0 radical (unpaired) electrons. The zero-order valence-electron chi connectivity index (χ0n) is 7.68. The molecule has 5 nitrogen and oxygen atoms in total. The smallest absolute Gasteiger partial charge is 0.317 e. The van der Waals surface area contributed by atoms with Crippen molar-refractivity contribution in [3.63, 3.8) is 0 Å². The van der Waals surface area contributed by atoms with Crippen LogP contribution in [0.3, 0.4) is 0 Å². The van der Waals surface area contributed by atoms with Gasteiger partial charge in [-0.2, -0.15) is 0 Å². The Kier molecular flexibility index (Phi) is 4.23. The van der Waals surface area contributed by atoms with Gasteiger partial charge in [-0.05, 0) is 12.0 Å². The predicted molar refractivity (Wildman–Crippen MR) is 56.4 cm³/mol. The van der Waals surface area contributed by atoms with Crippen LogP contribution in [0.15, 0.2) is 24.3 Å². The number of nitro groups is 1. The molecule has 0 saturated heterocycles. The number of halogens is 1. The fraction of sp³-hybridized carbons (Fsp3) is 0.222. The highest BCUT2D eigenvalue weighted by atomic mass is 79.9.